The molecular formula is C12H17NO3S. The first-order valence-electron chi connectivity index (χ1n) is 5.80. The summed E-state index contributed by atoms with van der Waals surface area (Å²) in [5.74, 6) is 0.0853. The third-order valence-corrected chi connectivity index (χ3v) is 3.86. The molecule has 0 aliphatic carbocycles. The minimum atomic E-state index is -0.644. The quantitative estimate of drug-likeness (QED) is 0.832. The fraction of sp³-hybridized carbons (Fsp3) is 0.583. The van der Waals surface area contributed by atoms with Crippen LogP contribution in [0.2, 0.25) is 0 Å². The Hall–Kier alpha value is -0.910. The molecule has 1 fully saturated rings. The van der Waals surface area contributed by atoms with Crippen molar-refractivity contribution in [2.24, 2.45) is 11.7 Å². The van der Waals surface area contributed by atoms with E-state index in [0.29, 0.717) is 12.5 Å². The van der Waals surface area contributed by atoms with E-state index in [0.717, 1.165) is 30.9 Å². The van der Waals surface area contributed by atoms with Crippen molar-refractivity contribution < 1.29 is 14.3 Å². The zero-order valence-electron chi connectivity index (χ0n) is 9.63. The molecule has 0 saturated carbocycles. The van der Waals surface area contributed by atoms with Crippen molar-refractivity contribution in [3.8, 4) is 0 Å². The summed E-state index contributed by atoms with van der Waals surface area (Å²) in [6, 6.07) is 3.09. The van der Waals surface area contributed by atoms with Crippen LogP contribution in [0.25, 0.3) is 0 Å². The Morgan fingerprint density at radius 1 is 1.59 bits per heavy atom. The highest BCUT2D eigenvalue weighted by Crippen LogP contribution is 2.19. The van der Waals surface area contributed by atoms with Crippen LogP contribution in [0.1, 0.15) is 23.8 Å². The largest absolute Gasteiger partial charge is 0.464 e. The molecule has 4 nitrogen and oxygen atoms in total. The molecule has 1 aromatic rings. The summed E-state index contributed by atoms with van der Waals surface area (Å²) in [6.07, 6.45) is 1.92. The van der Waals surface area contributed by atoms with Crippen LogP contribution in [0.3, 0.4) is 0 Å². The highest BCUT2D eigenvalue weighted by atomic mass is 32.1. The molecule has 0 bridgehead atoms. The zero-order chi connectivity index (χ0) is 12.1. The number of esters is 1. The molecule has 2 heterocycles. The Morgan fingerprint density at radius 2 is 2.35 bits per heavy atom. The molecule has 94 valence electrons. The Kier molecular flexibility index (Phi) is 4.53. The summed E-state index contributed by atoms with van der Waals surface area (Å²) in [5, 5.41) is 1.90. The number of thiophene rings is 1. The Bertz CT molecular complexity index is 347. The van der Waals surface area contributed by atoms with Crippen molar-refractivity contribution in [3.63, 3.8) is 0 Å². The van der Waals surface area contributed by atoms with E-state index in [-0.39, 0.29) is 5.97 Å². The number of nitrogens with two attached hydrogens (primary N) is 1. The third kappa shape index (κ3) is 3.52. The number of hydrogen-bond acceptors (Lipinski definition) is 5. The van der Waals surface area contributed by atoms with Gasteiger partial charge in [-0.15, -0.1) is 11.3 Å². The van der Waals surface area contributed by atoms with Gasteiger partial charge in [0.2, 0.25) is 0 Å². The highest BCUT2D eigenvalue weighted by molar-refractivity contribution is 7.10. The average molecular weight is 255 g/mol. The van der Waals surface area contributed by atoms with Gasteiger partial charge in [0.05, 0.1) is 6.61 Å². The lowest BCUT2D eigenvalue weighted by atomic mass is 10.0. The Balaban J connectivity index is 1.76. The van der Waals surface area contributed by atoms with E-state index in [1.807, 2.05) is 17.5 Å². The van der Waals surface area contributed by atoms with E-state index in [2.05, 4.69) is 0 Å². The van der Waals surface area contributed by atoms with Crippen LogP contribution in [0, 0.1) is 5.92 Å². The van der Waals surface area contributed by atoms with Gasteiger partial charge in [0.15, 0.2) is 0 Å². The SMILES string of the molecule is NC(C(=O)OCC1CCOCC1)c1cccs1. The summed E-state index contributed by atoms with van der Waals surface area (Å²) < 4.78 is 10.5. The van der Waals surface area contributed by atoms with E-state index in [9.17, 15) is 4.79 Å². The molecule has 5 heteroatoms. The molecule has 1 unspecified atom stereocenters. The molecule has 1 saturated heterocycles. The van der Waals surface area contributed by atoms with Gasteiger partial charge in [-0.25, -0.2) is 4.79 Å². The lowest BCUT2D eigenvalue weighted by Crippen LogP contribution is -2.27. The number of ether oxygens (including phenoxy) is 2. The van der Waals surface area contributed by atoms with Gasteiger partial charge in [-0.3, -0.25) is 0 Å². The monoisotopic (exact) mass is 255 g/mol. The van der Waals surface area contributed by atoms with Crippen LogP contribution < -0.4 is 5.73 Å². The number of carbonyl (C=O) groups excluding carboxylic acids is 1. The minimum Gasteiger partial charge on any atom is -0.464 e. The maximum atomic E-state index is 11.7. The Labute approximate surface area is 105 Å². The molecule has 1 aliphatic rings. The van der Waals surface area contributed by atoms with E-state index >= 15 is 0 Å². The number of rotatable bonds is 4. The number of carbonyl (C=O) groups is 1. The van der Waals surface area contributed by atoms with E-state index < -0.39 is 6.04 Å². The topological polar surface area (TPSA) is 61.6 Å². The van der Waals surface area contributed by atoms with Crippen LogP contribution in [0.5, 0.6) is 0 Å². The second-order valence-electron chi connectivity index (χ2n) is 4.18. The molecule has 2 rings (SSSR count). The van der Waals surface area contributed by atoms with Gasteiger partial charge in [-0.1, -0.05) is 6.07 Å². The molecule has 17 heavy (non-hydrogen) atoms. The maximum absolute atomic E-state index is 11.7. The minimum absolute atomic E-state index is 0.334. The van der Waals surface area contributed by atoms with Crippen molar-refractivity contribution in [2.45, 2.75) is 18.9 Å². The van der Waals surface area contributed by atoms with Gasteiger partial charge in [-0.2, -0.15) is 0 Å². The lowest BCUT2D eigenvalue weighted by Gasteiger charge is -2.22. The molecule has 0 spiro atoms. The molecule has 0 aromatic carbocycles. The average Bonchev–Trinajstić information content (AvgIpc) is 2.90. The normalized spacial score (nSPS) is 18.9. The molecule has 1 aromatic heterocycles. The van der Waals surface area contributed by atoms with Crippen molar-refractivity contribution in [3.05, 3.63) is 22.4 Å². The van der Waals surface area contributed by atoms with E-state index in [1.54, 1.807) is 0 Å². The van der Waals surface area contributed by atoms with E-state index in [1.165, 1.54) is 11.3 Å². The van der Waals surface area contributed by atoms with E-state index in [4.69, 9.17) is 15.2 Å². The number of hydrogen-bond donors (Lipinski definition) is 1. The van der Waals surface area contributed by atoms with Crippen LogP contribution >= 0.6 is 11.3 Å². The second kappa shape index (κ2) is 6.14. The summed E-state index contributed by atoms with van der Waals surface area (Å²) in [4.78, 5) is 12.6. The standard InChI is InChI=1S/C12H17NO3S/c13-11(10-2-1-7-17-10)12(14)16-8-9-3-5-15-6-4-9/h1-2,7,9,11H,3-6,8,13H2. The molecular weight excluding hydrogens is 238 g/mol. The third-order valence-electron chi connectivity index (χ3n) is 2.91. The molecule has 2 N–H and O–H groups in total. The lowest BCUT2D eigenvalue weighted by molar-refractivity contribution is -0.147. The van der Waals surface area contributed by atoms with Crippen molar-refractivity contribution >= 4 is 17.3 Å². The summed E-state index contributed by atoms with van der Waals surface area (Å²) in [6.45, 7) is 1.99. The van der Waals surface area contributed by atoms with Gasteiger partial charge >= 0.3 is 5.97 Å². The fourth-order valence-corrected chi connectivity index (χ4v) is 2.50. The van der Waals surface area contributed by atoms with Crippen molar-refractivity contribution in [1.29, 1.82) is 0 Å². The molecule has 1 aliphatic heterocycles. The predicted octanol–water partition coefficient (Wildman–Crippen LogP) is 1.72. The summed E-state index contributed by atoms with van der Waals surface area (Å²) >= 11 is 1.47. The molecule has 0 radical (unpaired) electrons. The second-order valence-corrected chi connectivity index (χ2v) is 5.16. The smallest absolute Gasteiger partial charge is 0.328 e. The van der Waals surface area contributed by atoms with Gasteiger partial charge in [0.1, 0.15) is 6.04 Å². The predicted molar refractivity (Wildman–Crippen MR) is 65.7 cm³/mol. The Morgan fingerprint density at radius 3 is 3.00 bits per heavy atom. The molecule has 0 amide bonds. The first-order chi connectivity index (χ1) is 8.27. The van der Waals surface area contributed by atoms with Crippen molar-refractivity contribution in [1.82, 2.24) is 0 Å². The van der Waals surface area contributed by atoms with Crippen LogP contribution in [0.15, 0.2) is 17.5 Å². The van der Waals surface area contributed by atoms with Gasteiger partial charge in [0, 0.05) is 18.1 Å². The van der Waals surface area contributed by atoms with Crippen LogP contribution in [-0.4, -0.2) is 25.8 Å². The van der Waals surface area contributed by atoms with Gasteiger partial charge < -0.3 is 15.2 Å². The highest BCUT2D eigenvalue weighted by Gasteiger charge is 2.21. The molecule has 1 atom stereocenters. The zero-order valence-corrected chi connectivity index (χ0v) is 10.4. The van der Waals surface area contributed by atoms with Gasteiger partial charge in [-0.05, 0) is 30.2 Å². The summed E-state index contributed by atoms with van der Waals surface area (Å²) in [5.41, 5.74) is 5.81. The van der Waals surface area contributed by atoms with Crippen LogP contribution in [-0.2, 0) is 14.3 Å². The fourth-order valence-electron chi connectivity index (χ4n) is 1.79. The maximum Gasteiger partial charge on any atom is 0.328 e. The first kappa shape index (κ1) is 12.5. The van der Waals surface area contributed by atoms with Crippen molar-refractivity contribution in [2.75, 3.05) is 19.8 Å². The van der Waals surface area contributed by atoms with Crippen LogP contribution in [0.4, 0.5) is 0 Å². The first-order valence-corrected chi connectivity index (χ1v) is 6.68. The van der Waals surface area contributed by atoms with Gasteiger partial charge in [0.25, 0.3) is 0 Å². The summed E-state index contributed by atoms with van der Waals surface area (Å²) in [7, 11) is 0.